The fraction of sp³-hybridized carbons (Fsp3) is 0.312. The Bertz CT molecular complexity index is 1680. The summed E-state index contributed by atoms with van der Waals surface area (Å²) in [6.45, 7) is 6.30. The molecule has 41 heavy (non-hydrogen) atoms. The smallest absolute Gasteiger partial charge is 0.247 e. The lowest BCUT2D eigenvalue weighted by molar-refractivity contribution is 0.219. The van der Waals surface area contributed by atoms with Crippen LogP contribution in [0.3, 0.4) is 0 Å². The van der Waals surface area contributed by atoms with Gasteiger partial charge in [-0.2, -0.15) is 0 Å². The maximum atomic E-state index is 6.72. The highest BCUT2D eigenvalue weighted by molar-refractivity contribution is 6.33. The molecule has 1 N–H and O–H groups in total. The van der Waals surface area contributed by atoms with Crippen molar-refractivity contribution >= 4 is 34.0 Å². The van der Waals surface area contributed by atoms with Crippen LogP contribution in [-0.4, -0.2) is 45.2 Å². The maximum absolute atomic E-state index is 6.72. The second-order valence-corrected chi connectivity index (χ2v) is 11.1. The molecule has 0 amide bonds. The van der Waals surface area contributed by atoms with Gasteiger partial charge in [-0.15, -0.1) is 10.2 Å². The summed E-state index contributed by atoms with van der Waals surface area (Å²) >= 11 is 6.72. The Morgan fingerprint density at radius 2 is 1.83 bits per heavy atom. The summed E-state index contributed by atoms with van der Waals surface area (Å²) in [5.74, 6) is 3.65. The summed E-state index contributed by atoms with van der Waals surface area (Å²) in [4.78, 5) is 11.6. The van der Waals surface area contributed by atoms with E-state index >= 15 is 0 Å². The molecule has 1 aliphatic heterocycles. The van der Waals surface area contributed by atoms with Gasteiger partial charge in [-0.1, -0.05) is 24.6 Å². The lowest BCUT2D eigenvalue weighted by atomic mass is 9.87. The van der Waals surface area contributed by atoms with Crippen LogP contribution in [0.2, 0.25) is 5.02 Å². The Morgan fingerprint density at radius 1 is 1.00 bits per heavy atom. The molecule has 8 nitrogen and oxygen atoms in total. The number of aryl methyl sites for hydroxylation is 2. The molecule has 0 spiro atoms. The zero-order valence-corrected chi connectivity index (χ0v) is 24.3. The molecular weight excluding hydrogens is 536 g/mol. The molecule has 210 valence electrons. The number of anilines is 2. The summed E-state index contributed by atoms with van der Waals surface area (Å²) < 4.78 is 11.6. The second-order valence-electron chi connectivity index (χ2n) is 10.7. The second kappa shape index (κ2) is 11.8. The third-order valence-corrected chi connectivity index (χ3v) is 8.03. The Hall–Kier alpha value is -4.01. The molecule has 0 atom stereocenters. The molecule has 0 aliphatic carbocycles. The number of nitrogens with zero attached hydrogens (tertiary/aromatic N) is 5. The fourth-order valence-electron chi connectivity index (χ4n) is 5.42. The summed E-state index contributed by atoms with van der Waals surface area (Å²) in [5, 5.41) is 12.9. The minimum absolute atomic E-state index is 0.447. The first-order chi connectivity index (χ1) is 19.9. The van der Waals surface area contributed by atoms with Crippen LogP contribution in [0.25, 0.3) is 22.4 Å². The van der Waals surface area contributed by atoms with E-state index in [-0.39, 0.29) is 0 Å². The Labute approximate surface area is 244 Å². The zero-order chi connectivity index (χ0) is 28.3. The molecule has 1 aliphatic rings. The zero-order valence-electron chi connectivity index (χ0n) is 23.5. The quantitative estimate of drug-likeness (QED) is 0.204. The van der Waals surface area contributed by atoms with Gasteiger partial charge in [0.15, 0.2) is 0 Å². The highest BCUT2D eigenvalue weighted by Gasteiger charge is 2.19. The average Bonchev–Trinajstić information content (AvgIpc) is 3.42. The summed E-state index contributed by atoms with van der Waals surface area (Å²) in [6.07, 6.45) is 6.14. The number of hydrogen-bond acceptors (Lipinski definition) is 8. The van der Waals surface area contributed by atoms with E-state index in [2.05, 4.69) is 56.5 Å². The van der Waals surface area contributed by atoms with Crippen molar-refractivity contribution in [2.45, 2.75) is 39.5 Å². The molecular formula is C32H33ClN6O2. The third-order valence-electron chi connectivity index (χ3n) is 7.72. The van der Waals surface area contributed by atoms with Crippen LogP contribution < -0.4 is 10.1 Å². The number of piperidine rings is 1. The molecule has 3 aromatic carbocycles. The highest BCUT2D eigenvalue weighted by Crippen LogP contribution is 2.35. The SMILES string of the molecule is CCc1cc2ncnc(Nc3ccc(Oc4cccc(-c5nnc(C)o5)c4)cc3Cl)c2cc1CC1CCN(C)CC1. The lowest BCUT2D eigenvalue weighted by Gasteiger charge is -2.29. The highest BCUT2D eigenvalue weighted by atomic mass is 35.5. The van der Waals surface area contributed by atoms with Crippen LogP contribution in [0.5, 0.6) is 11.5 Å². The fourth-order valence-corrected chi connectivity index (χ4v) is 5.64. The third kappa shape index (κ3) is 6.19. The monoisotopic (exact) mass is 568 g/mol. The van der Waals surface area contributed by atoms with Crippen LogP contribution in [0.15, 0.2) is 65.3 Å². The first kappa shape index (κ1) is 27.2. The van der Waals surface area contributed by atoms with E-state index in [1.54, 1.807) is 19.3 Å². The molecule has 9 heteroatoms. The predicted octanol–water partition coefficient (Wildman–Crippen LogP) is 7.62. The van der Waals surface area contributed by atoms with Crippen molar-refractivity contribution in [1.82, 2.24) is 25.1 Å². The Morgan fingerprint density at radius 3 is 2.59 bits per heavy atom. The van der Waals surface area contributed by atoms with Gasteiger partial charge in [-0.05, 0) is 105 Å². The van der Waals surface area contributed by atoms with Crippen LogP contribution in [-0.2, 0) is 12.8 Å². The maximum Gasteiger partial charge on any atom is 0.247 e. The summed E-state index contributed by atoms with van der Waals surface area (Å²) in [6, 6.07) is 17.6. The minimum atomic E-state index is 0.447. The number of rotatable bonds is 8. The molecule has 3 heterocycles. The number of aromatic nitrogens is 4. The van der Waals surface area contributed by atoms with Gasteiger partial charge in [-0.3, -0.25) is 0 Å². The topological polar surface area (TPSA) is 89.2 Å². The van der Waals surface area contributed by atoms with Gasteiger partial charge in [0.1, 0.15) is 23.6 Å². The molecule has 1 saturated heterocycles. The van der Waals surface area contributed by atoms with Gasteiger partial charge in [0.05, 0.1) is 16.2 Å². The summed E-state index contributed by atoms with van der Waals surface area (Å²) in [5.41, 5.74) is 5.20. The normalized spacial score (nSPS) is 14.4. The molecule has 0 bridgehead atoms. The van der Waals surface area contributed by atoms with Gasteiger partial charge in [0, 0.05) is 23.9 Å². The number of halogens is 1. The molecule has 5 aromatic rings. The van der Waals surface area contributed by atoms with Gasteiger partial charge in [0.25, 0.3) is 0 Å². The van der Waals surface area contributed by atoms with Crippen LogP contribution in [0.4, 0.5) is 11.5 Å². The molecule has 2 aromatic heterocycles. The van der Waals surface area contributed by atoms with Crippen molar-refractivity contribution in [2.24, 2.45) is 5.92 Å². The minimum Gasteiger partial charge on any atom is -0.457 e. The van der Waals surface area contributed by atoms with E-state index in [0.29, 0.717) is 34.2 Å². The van der Waals surface area contributed by atoms with Crippen molar-refractivity contribution in [2.75, 3.05) is 25.5 Å². The number of nitrogens with one attached hydrogen (secondary N) is 1. The number of likely N-dealkylation sites (tertiary alicyclic amines) is 1. The average molecular weight is 569 g/mol. The Kier molecular flexibility index (Phi) is 7.85. The van der Waals surface area contributed by atoms with Crippen LogP contribution >= 0.6 is 11.6 Å². The first-order valence-corrected chi connectivity index (χ1v) is 14.4. The molecule has 6 rings (SSSR count). The molecule has 0 radical (unpaired) electrons. The van der Waals surface area contributed by atoms with Crippen molar-refractivity contribution in [1.29, 1.82) is 0 Å². The van der Waals surface area contributed by atoms with Crippen molar-refractivity contribution in [3.05, 3.63) is 83.0 Å². The number of fused-ring (bicyclic) bond motifs is 1. The first-order valence-electron chi connectivity index (χ1n) is 14.0. The van der Waals surface area contributed by atoms with Crippen molar-refractivity contribution in [3.8, 4) is 23.0 Å². The van der Waals surface area contributed by atoms with Gasteiger partial charge in [-0.25, -0.2) is 9.97 Å². The standard InChI is InChI=1S/C32H33ClN6O2/c1-4-22-17-30-27(16-24(22)14-21-10-12-39(3)13-11-21)31(35-19-34-30)36-29-9-8-26(18-28(29)33)41-25-7-5-6-23(15-25)32-38-37-20(2)40-32/h5-9,15-19,21H,4,10-14H2,1-3H3,(H,34,35,36). The number of benzene rings is 3. The number of hydrogen-bond donors (Lipinski definition) is 1. The van der Waals surface area contributed by atoms with E-state index < -0.39 is 0 Å². The van der Waals surface area contributed by atoms with Gasteiger partial charge in [0.2, 0.25) is 11.8 Å². The Balaban J connectivity index is 1.22. The van der Waals surface area contributed by atoms with Crippen molar-refractivity contribution < 1.29 is 9.15 Å². The molecule has 1 fully saturated rings. The van der Waals surface area contributed by atoms with Gasteiger partial charge >= 0.3 is 0 Å². The summed E-state index contributed by atoms with van der Waals surface area (Å²) in [7, 11) is 2.21. The lowest BCUT2D eigenvalue weighted by Crippen LogP contribution is -2.31. The van der Waals surface area contributed by atoms with Crippen LogP contribution in [0, 0.1) is 12.8 Å². The van der Waals surface area contributed by atoms with E-state index in [0.717, 1.165) is 53.9 Å². The van der Waals surface area contributed by atoms with Crippen molar-refractivity contribution in [3.63, 3.8) is 0 Å². The number of ether oxygens (including phenoxy) is 1. The molecule has 0 unspecified atom stereocenters. The molecule has 0 saturated carbocycles. The van der Waals surface area contributed by atoms with Crippen LogP contribution in [0.1, 0.15) is 36.8 Å². The van der Waals surface area contributed by atoms with E-state index in [1.807, 2.05) is 36.4 Å². The van der Waals surface area contributed by atoms with E-state index in [4.69, 9.17) is 20.8 Å². The van der Waals surface area contributed by atoms with E-state index in [1.165, 1.54) is 24.0 Å². The largest absolute Gasteiger partial charge is 0.457 e. The van der Waals surface area contributed by atoms with Gasteiger partial charge < -0.3 is 19.4 Å². The predicted molar refractivity (Wildman–Crippen MR) is 162 cm³/mol. The van der Waals surface area contributed by atoms with E-state index in [9.17, 15) is 0 Å².